The minimum absolute atomic E-state index is 0.154. The Labute approximate surface area is 116 Å². The van der Waals surface area contributed by atoms with Gasteiger partial charge in [-0.25, -0.2) is 0 Å². The predicted octanol–water partition coefficient (Wildman–Crippen LogP) is 2.92. The summed E-state index contributed by atoms with van der Waals surface area (Å²) in [5.74, 6) is 0.154. The van der Waals surface area contributed by atoms with Gasteiger partial charge in [-0.3, -0.25) is 0 Å². The van der Waals surface area contributed by atoms with Crippen LogP contribution in [0.15, 0.2) is 27.8 Å². The number of oxime groups is 1. The van der Waals surface area contributed by atoms with Crippen LogP contribution in [0.25, 0.3) is 0 Å². The van der Waals surface area contributed by atoms with E-state index in [1.54, 1.807) is 0 Å². The topological polar surface area (TPSA) is 61.9 Å². The predicted molar refractivity (Wildman–Crippen MR) is 77.3 cm³/mol. The summed E-state index contributed by atoms with van der Waals surface area (Å²) in [6, 6.07) is 5.93. The molecule has 1 aliphatic heterocycles. The van der Waals surface area contributed by atoms with Crippen LogP contribution in [0.1, 0.15) is 31.2 Å². The number of hydrogen-bond acceptors (Lipinski definition) is 3. The standard InChI is InChI=1S/C13H18BrN3O/c14-10-6-5-7-11(12(10)13(15)16-18)17-8-3-1-2-4-9-17/h5-7,18H,1-4,8-9H2,(H2,15,16). The first-order valence-corrected chi connectivity index (χ1v) is 7.04. The fraction of sp³-hybridized carbons (Fsp3) is 0.462. The lowest BCUT2D eigenvalue weighted by Gasteiger charge is -2.25. The summed E-state index contributed by atoms with van der Waals surface area (Å²) in [5.41, 5.74) is 7.61. The second kappa shape index (κ2) is 6.09. The van der Waals surface area contributed by atoms with Crippen molar-refractivity contribution in [1.82, 2.24) is 0 Å². The third-order valence-electron chi connectivity index (χ3n) is 3.30. The zero-order valence-electron chi connectivity index (χ0n) is 10.3. The van der Waals surface area contributed by atoms with Crippen molar-refractivity contribution >= 4 is 27.5 Å². The van der Waals surface area contributed by atoms with Crippen LogP contribution in [0.2, 0.25) is 0 Å². The maximum Gasteiger partial charge on any atom is 0.173 e. The van der Waals surface area contributed by atoms with Crippen molar-refractivity contribution in [1.29, 1.82) is 0 Å². The second-order valence-corrected chi connectivity index (χ2v) is 5.37. The molecule has 5 heteroatoms. The van der Waals surface area contributed by atoms with Crippen LogP contribution in [-0.4, -0.2) is 24.1 Å². The first-order chi connectivity index (χ1) is 8.74. The van der Waals surface area contributed by atoms with Crippen LogP contribution >= 0.6 is 15.9 Å². The number of amidine groups is 1. The summed E-state index contributed by atoms with van der Waals surface area (Å²) in [6.07, 6.45) is 4.96. The monoisotopic (exact) mass is 311 g/mol. The lowest BCUT2D eigenvalue weighted by atomic mass is 10.1. The highest BCUT2D eigenvalue weighted by Crippen LogP contribution is 2.29. The molecule has 1 aromatic carbocycles. The molecule has 98 valence electrons. The molecule has 2 rings (SSSR count). The van der Waals surface area contributed by atoms with Crippen LogP contribution in [0.4, 0.5) is 5.69 Å². The Morgan fingerprint density at radius 1 is 1.22 bits per heavy atom. The van der Waals surface area contributed by atoms with Gasteiger partial charge < -0.3 is 15.8 Å². The summed E-state index contributed by atoms with van der Waals surface area (Å²) >= 11 is 3.48. The molecule has 1 aromatic rings. The normalized spacial score (nSPS) is 17.6. The summed E-state index contributed by atoms with van der Waals surface area (Å²) in [6.45, 7) is 2.06. The number of benzene rings is 1. The van der Waals surface area contributed by atoms with E-state index in [1.807, 2.05) is 18.2 Å². The summed E-state index contributed by atoms with van der Waals surface area (Å²) in [5, 5.41) is 12.1. The lowest BCUT2D eigenvalue weighted by Crippen LogP contribution is -2.27. The molecule has 0 bridgehead atoms. The first-order valence-electron chi connectivity index (χ1n) is 6.25. The van der Waals surface area contributed by atoms with Gasteiger partial charge in [0.1, 0.15) is 0 Å². The molecule has 0 atom stereocenters. The van der Waals surface area contributed by atoms with Gasteiger partial charge in [-0.2, -0.15) is 0 Å². The average Bonchev–Trinajstić information content (AvgIpc) is 2.66. The summed E-state index contributed by atoms with van der Waals surface area (Å²) in [7, 11) is 0. The number of anilines is 1. The van der Waals surface area contributed by atoms with E-state index < -0.39 is 0 Å². The van der Waals surface area contributed by atoms with Crippen molar-refractivity contribution in [3.63, 3.8) is 0 Å². The molecule has 1 aliphatic rings. The third-order valence-corrected chi connectivity index (χ3v) is 3.96. The molecule has 0 amide bonds. The fourth-order valence-electron chi connectivity index (χ4n) is 2.39. The maximum atomic E-state index is 8.91. The molecule has 0 aliphatic carbocycles. The van der Waals surface area contributed by atoms with E-state index in [9.17, 15) is 0 Å². The molecule has 0 spiro atoms. The number of nitrogens with zero attached hydrogens (tertiary/aromatic N) is 2. The van der Waals surface area contributed by atoms with Crippen LogP contribution in [0, 0.1) is 0 Å². The van der Waals surface area contributed by atoms with E-state index in [0.717, 1.165) is 28.8 Å². The largest absolute Gasteiger partial charge is 0.409 e. The molecule has 3 N–H and O–H groups in total. The van der Waals surface area contributed by atoms with Gasteiger partial charge in [0.2, 0.25) is 0 Å². The molecular weight excluding hydrogens is 294 g/mol. The molecule has 1 saturated heterocycles. The number of halogens is 1. The van der Waals surface area contributed by atoms with Gasteiger partial charge in [0, 0.05) is 23.2 Å². The Kier molecular flexibility index (Phi) is 4.47. The highest BCUT2D eigenvalue weighted by Gasteiger charge is 2.17. The molecule has 0 aromatic heterocycles. The van der Waals surface area contributed by atoms with Crippen molar-refractivity contribution in [3.05, 3.63) is 28.2 Å². The van der Waals surface area contributed by atoms with E-state index in [4.69, 9.17) is 10.9 Å². The fourth-order valence-corrected chi connectivity index (χ4v) is 2.95. The Morgan fingerprint density at radius 3 is 2.50 bits per heavy atom. The van der Waals surface area contributed by atoms with E-state index in [0.29, 0.717) is 0 Å². The minimum atomic E-state index is 0.154. The molecule has 0 saturated carbocycles. The van der Waals surface area contributed by atoms with E-state index >= 15 is 0 Å². The third kappa shape index (κ3) is 2.77. The van der Waals surface area contributed by atoms with E-state index in [1.165, 1.54) is 25.7 Å². The Hall–Kier alpha value is -1.23. The van der Waals surface area contributed by atoms with Crippen LogP contribution in [0.5, 0.6) is 0 Å². The highest BCUT2D eigenvalue weighted by molar-refractivity contribution is 9.10. The molecule has 4 nitrogen and oxygen atoms in total. The van der Waals surface area contributed by atoms with Gasteiger partial charge >= 0.3 is 0 Å². The molecule has 0 radical (unpaired) electrons. The number of rotatable bonds is 2. The number of nitrogens with two attached hydrogens (primary N) is 1. The van der Waals surface area contributed by atoms with E-state index in [-0.39, 0.29) is 5.84 Å². The van der Waals surface area contributed by atoms with Gasteiger partial charge in [-0.15, -0.1) is 0 Å². The maximum absolute atomic E-state index is 8.91. The van der Waals surface area contributed by atoms with E-state index in [2.05, 4.69) is 26.0 Å². The van der Waals surface area contributed by atoms with Gasteiger partial charge in [0.15, 0.2) is 5.84 Å². The Balaban J connectivity index is 2.39. The summed E-state index contributed by atoms with van der Waals surface area (Å²) < 4.78 is 0.861. The van der Waals surface area contributed by atoms with Crippen molar-refractivity contribution in [3.8, 4) is 0 Å². The van der Waals surface area contributed by atoms with Crippen LogP contribution < -0.4 is 10.6 Å². The van der Waals surface area contributed by atoms with Gasteiger partial charge in [0.25, 0.3) is 0 Å². The minimum Gasteiger partial charge on any atom is -0.409 e. The Bertz CT molecular complexity index is 440. The van der Waals surface area contributed by atoms with Gasteiger partial charge in [-0.05, 0) is 40.9 Å². The average molecular weight is 312 g/mol. The quantitative estimate of drug-likeness (QED) is 0.382. The second-order valence-electron chi connectivity index (χ2n) is 4.52. The van der Waals surface area contributed by atoms with Gasteiger partial charge in [0.05, 0.1) is 5.56 Å². The molecule has 18 heavy (non-hydrogen) atoms. The Morgan fingerprint density at radius 2 is 1.89 bits per heavy atom. The lowest BCUT2D eigenvalue weighted by molar-refractivity contribution is 0.318. The number of hydrogen-bond donors (Lipinski definition) is 2. The van der Waals surface area contributed by atoms with Crippen LogP contribution in [-0.2, 0) is 0 Å². The summed E-state index contributed by atoms with van der Waals surface area (Å²) in [4.78, 5) is 2.32. The SMILES string of the molecule is N/C(=N/O)c1c(Br)cccc1N1CCCCCC1. The molecule has 1 heterocycles. The highest BCUT2D eigenvalue weighted by atomic mass is 79.9. The zero-order valence-corrected chi connectivity index (χ0v) is 11.9. The van der Waals surface area contributed by atoms with Crippen molar-refractivity contribution in [2.24, 2.45) is 10.9 Å². The molecule has 0 unspecified atom stereocenters. The van der Waals surface area contributed by atoms with Crippen molar-refractivity contribution in [2.45, 2.75) is 25.7 Å². The first kappa shape index (κ1) is 13.2. The zero-order chi connectivity index (χ0) is 13.0. The van der Waals surface area contributed by atoms with Crippen molar-refractivity contribution < 1.29 is 5.21 Å². The molecular formula is C13H18BrN3O. The van der Waals surface area contributed by atoms with Crippen LogP contribution in [0.3, 0.4) is 0 Å². The van der Waals surface area contributed by atoms with Gasteiger partial charge in [-0.1, -0.05) is 24.1 Å². The van der Waals surface area contributed by atoms with Crippen molar-refractivity contribution in [2.75, 3.05) is 18.0 Å². The molecule has 1 fully saturated rings. The smallest absolute Gasteiger partial charge is 0.173 e.